The third-order valence-corrected chi connectivity index (χ3v) is 5.55. The molecule has 2 aromatic rings. The summed E-state index contributed by atoms with van der Waals surface area (Å²) in [4.78, 5) is -0.00284. The van der Waals surface area contributed by atoms with Crippen molar-refractivity contribution in [2.45, 2.75) is 17.7 Å². The van der Waals surface area contributed by atoms with Crippen LogP contribution in [-0.2, 0) is 10.0 Å². The average Bonchev–Trinajstić information content (AvgIpc) is 2.48. The summed E-state index contributed by atoms with van der Waals surface area (Å²) < 4.78 is 27.1. The second-order valence-electron chi connectivity index (χ2n) is 4.72. The van der Waals surface area contributed by atoms with Crippen LogP contribution < -0.4 is 4.72 Å². The van der Waals surface area contributed by atoms with E-state index in [0.29, 0.717) is 0 Å². The predicted octanol–water partition coefficient (Wildman–Crippen LogP) is 4.08. The lowest BCUT2D eigenvalue weighted by Crippen LogP contribution is -2.28. The lowest BCUT2D eigenvalue weighted by molar-refractivity contribution is 0.575. The van der Waals surface area contributed by atoms with E-state index in [9.17, 15) is 8.42 Å². The maximum atomic E-state index is 12.3. The fourth-order valence-electron chi connectivity index (χ4n) is 1.90. The van der Waals surface area contributed by atoms with Crippen LogP contribution >= 0.6 is 23.2 Å². The molecule has 0 aromatic heterocycles. The molecule has 0 aliphatic heterocycles. The Morgan fingerprint density at radius 3 is 2.38 bits per heavy atom. The van der Waals surface area contributed by atoms with E-state index in [0.717, 1.165) is 5.56 Å². The van der Waals surface area contributed by atoms with Crippen molar-refractivity contribution in [2.75, 3.05) is 6.54 Å². The topological polar surface area (TPSA) is 46.2 Å². The molecule has 6 heteroatoms. The molecule has 0 bridgehead atoms. The van der Waals surface area contributed by atoms with Crippen molar-refractivity contribution in [3.8, 4) is 0 Å². The number of halogens is 2. The van der Waals surface area contributed by atoms with Gasteiger partial charge in [0.25, 0.3) is 0 Å². The minimum atomic E-state index is -3.68. The van der Waals surface area contributed by atoms with E-state index in [1.807, 2.05) is 37.3 Å². The summed E-state index contributed by atoms with van der Waals surface area (Å²) in [5.41, 5.74) is 1.07. The maximum Gasteiger partial charge on any atom is 0.242 e. The summed E-state index contributed by atoms with van der Waals surface area (Å²) in [5.74, 6) is 0.0546. The van der Waals surface area contributed by atoms with Crippen LogP contribution in [0.15, 0.2) is 53.4 Å². The average molecular weight is 344 g/mol. The minimum absolute atomic E-state index is 0.00284. The zero-order valence-electron chi connectivity index (χ0n) is 11.4. The van der Waals surface area contributed by atoms with Gasteiger partial charge in [0.1, 0.15) is 4.90 Å². The Labute approximate surface area is 135 Å². The molecule has 0 unspecified atom stereocenters. The van der Waals surface area contributed by atoms with Crippen LogP contribution in [0, 0.1) is 0 Å². The molecule has 2 aromatic carbocycles. The highest BCUT2D eigenvalue weighted by molar-refractivity contribution is 7.89. The van der Waals surface area contributed by atoms with E-state index < -0.39 is 10.0 Å². The highest BCUT2D eigenvalue weighted by Crippen LogP contribution is 2.28. The van der Waals surface area contributed by atoms with E-state index in [2.05, 4.69) is 4.72 Å². The summed E-state index contributed by atoms with van der Waals surface area (Å²) in [6.45, 7) is 2.24. The highest BCUT2D eigenvalue weighted by atomic mass is 35.5. The molecule has 0 saturated heterocycles. The largest absolute Gasteiger partial charge is 0.242 e. The molecule has 1 N–H and O–H groups in total. The van der Waals surface area contributed by atoms with Crippen molar-refractivity contribution >= 4 is 33.2 Å². The zero-order chi connectivity index (χ0) is 15.5. The second-order valence-corrected chi connectivity index (χ2v) is 7.24. The molecule has 0 saturated carbocycles. The SMILES string of the molecule is C[C@@H](CNS(=O)(=O)c1cccc(Cl)c1Cl)c1ccccc1. The number of hydrogen-bond acceptors (Lipinski definition) is 2. The highest BCUT2D eigenvalue weighted by Gasteiger charge is 2.20. The molecule has 0 aliphatic rings. The molecule has 0 heterocycles. The van der Waals surface area contributed by atoms with Gasteiger partial charge in [-0.15, -0.1) is 0 Å². The third kappa shape index (κ3) is 3.98. The fourth-order valence-corrected chi connectivity index (χ4v) is 3.79. The number of benzene rings is 2. The van der Waals surface area contributed by atoms with Gasteiger partial charge >= 0.3 is 0 Å². The Bertz CT molecular complexity index is 718. The predicted molar refractivity (Wildman–Crippen MR) is 86.5 cm³/mol. The smallest absolute Gasteiger partial charge is 0.211 e. The first-order valence-electron chi connectivity index (χ1n) is 6.40. The number of hydrogen-bond donors (Lipinski definition) is 1. The van der Waals surface area contributed by atoms with Gasteiger partial charge in [0.05, 0.1) is 10.0 Å². The Balaban J connectivity index is 2.14. The first-order chi connectivity index (χ1) is 9.92. The van der Waals surface area contributed by atoms with Crippen molar-refractivity contribution in [1.29, 1.82) is 0 Å². The van der Waals surface area contributed by atoms with Gasteiger partial charge in [-0.3, -0.25) is 0 Å². The van der Waals surface area contributed by atoms with Crippen LogP contribution in [0.1, 0.15) is 18.4 Å². The number of sulfonamides is 1. The van der Waals surface area contributed by atoms with Crippen LogP contribution in [0.2, 0.25) is 10.0 Å². The Morgan fingerprint density at radius 2 is 1.71 bits per heavy atom. The number of rotatable bonds is 5. The Hall–Kier alpha value is -1.07. The normalized spacial score (nSPS) is 13.1. The monoisotopic (exact) mass is 343 g/mol. The Morgan fingerprint density at radius 1 is 1.05 bits per heavy atom. The van der Waals surface area contributed by atoms with Crippen LogP contribution in [-0.4, -0.2) is 15.0 Å². The minimum Gasteiger partial charge on any atom is -0.211 e. The summed E-state index contributed by atoms with van der Waals surface area (Å²) in [6.07, 6.45) is 0. The van der Waals surface area contributed by atoms with Crippen LogP contribution in [0.4, 0.5) is 0 Å². The molecule has 21 heavy (non-hydrogen) atoms. The second kappa shape index (κ2) is 6.79. The molecule has 0 aliphatic carbocycles. The lowest BCUT2D eigenvalue weighted by Gasteiger charge is -2.14. The van der Waals surface area contributed by atoms with E-state index in [4.69, 9.17) is 23.2 Å². The molecule has 0 fully saturated rings. The van der Waals surface area contributed by atoms with Crippen molar-refractivity contribution < 1.29 is 8.42 Å². The van der Waals surface area contributed by atoms with Gasteiger partial charge in [0.15, 0.2) is 0 Å². The molecule has 112 valence electrons. The van der Waals surface area contributed by atoms with Crippen LogP contribution in [0.3, 0.4) is 0 Å². The first kappa shape index (κ1) is 16.3. The number of nitrogens with one attached hydrogen (secondary N) is 1. The molecule has 0 spiro atoms. The molecular weight excluding hydrogens is 329 g/mol. The molecular formula is C15H15Cl2NO2S. The van der Waals surface area contributed by atoms with Gasteiger partial charge in [0.2, 0.25) is 10.0 Å². The fraction of sp³-hybridized carbons (Fsp3) is 0.200. The molecule has 3 nitrogen and oxygen atoms in total. The first-order valence-corrected chi connectivity index (χ1v) is 8.64. The van der Waals surface area contributed by atoms with Gasteiger partial charge in [-0.05, 0) is 23.6 Å². The zero-order valence-corrected chi connectivity index (χ0v) is 13.7. The van der Waals surface area contributed by atoms with Crippen molar-refractivity contribution in [2.24, 2.45) is 0 Å². The third-order valence-electron chi connectivity index (χ3n) is 3.15. The van der Waals surface area contributed by atoms with E-state index >= 15 is 0 Å². The quantitative estimate of drug-likeness (QED) is 0.889. The van der Waals surface area contributed by atoms with Crippen LogP contribution in [0.5, 0.6) is 0 Å². The summed E-state index contributed by atoms with van der Waals surface area (Å²) >= 11 is 11.8. The van der Waals surface area contributed by atoms with Gasteiger partial charge in [-0.25, -0.2) is 13.1 Å². The van der Waals surface area contributed by atoms with E-state index in [-0.39, 0.29) is 27.4 Å². The summed E-state index contributed by atoms with van der Waals surface area (Å²) in [7, 11) is -3.68. The van der Waals surface area contributed by atoms with Crippen molar-refractivity contribution in [1.82, 2.24) is 4.72 Å². The maximum absolute atomic E-state index is 12.3. The van der Waals surface area contributed by atoms with Gasteiger partial charge in [-0.2, -0.15) is 0 Å². The van der Waals surface area contributed by atoms with Gasteiger partial charge < -0.3 is 0 Å². The lowest BCUT2D eigenvalue weighted by atomic mass is 10.0. The molecule has 2 rings (SSSR count). The van der Waals surface area contributed by atoms with Crippen LogP contribution in [0.25, 0.3) is 0 Å². The van der Waals surface area contributed by atoms with Gasteiger partial charge in [-0.1, -0.05) is 66.5 Å². The molecule has 0 amide bonds. The summed E-state index contributed by atoms with van der Waals surface area (Å²) in [6, 6.07) is 14.2. The molecule has 1 atom stereocenters. The summed E-state index contributed by atoms with van der Waals surface area (Å²) in [5, 5.41) is 0.259. The molecule has 0 radical (unpaired) electrons. The van der Waals surface area contributed by atoms with E-state index in [1.165, 1.54) is 6.07 Å². The standard InChI is InChI=1S/C15H15Cl2NO2S/c1-11(12-6-3-2-4-7-12)10-18-21(19,20)14-9-5-8-13(16)15(14)17/h2-9,11,18H,10H2,1H3/t11-/m0/s1. The van der Waals surface area contributed by atoms with Gasteiger partial charge in [0, 0.05) is 6.54 Å². The van der Waals surface area contributed by atoms with Crippen molar-refractivity contribution in [3.05, 3.63) is 64.1 Å². The van der Waals surface area contributed by atoms with Crippen molar-refractivity contribution in [3.63, 3.8) is 0 Å². The Kier molecular flexibility index (Phi) is 5.27. The van der Waals surface area contributed by atoms with E-state index in [1.54, 1.807) is 12.1 Å².